The average Bonchev–Trinajstić information content (AvgIpc) is 2.59. The fourth-order valence-electron chi connectivity index (χ4n) is 3.27. The molecule has 7 nitrogen and oxygen atoms in total. The second kappa shape index (κ2) is 8.98. The summed E-state index contributed by atoms with van der Waals surface area (Å²) in [5, 5.41) is 6.87. The topological polar surface area (TPSA) is 83.0 Å². The van der Waals surface area contributed by atoms with Crippen molar-refractivity contribution in [3.63, 3.8) is 0 Å². The zero-order valence-corrected chi connectivity index (χ0v) is 14.1. The van der Waals surface area contributed by atoms with Gasteiger partial charge in [-0.05, 0) is 5.92 Å². The van der Waals surface area contributed by atoms with E-state index in [4.69, 9.17) is 4.74 Å². The van der Waals surface area contributed by atoms with Gasteiger partial charge in [-0.3, -0.25) is 14.5 Å². The van der Waals surface area contributed by atoms with Crippen molar-refractivity contribution in [1.82, 2.24) is 15.6 Å². The number of hydrazone groups is 1. The Kier molecular flexibility index (Phi) is 6.98. The van der Waals surface area contributed by atoms with E-state index >= 15 is 0 Å². The van der Waals surface area contributed by atoms with Gasteiger partial charge < -0.3 is 10.1 Å². The van der Waals surface area contributed by atoms with Crippen LogP contribution in [0.15, 0.2) is 5.10 Å². The summed E-state index contributed by atoms with van der Waals surface area (Å²) in [6, 6.07) is 0.316. The fourth-order valence-corrected chi connectivity index (χ4v) is 3.27. The van der Waals surface area contributed by atoms with Crippen molar-refractivity contribution in [2.24, 2.45) is 11.0 Å². The molecule has 23 heavy (non-hydrogen) atoms. The van der Waals surface area contributed by atoms with Crippen molar-refractivity contribution in [3.8, 4) is 0 Å². The van der Waals surface area contributed by atoms with Gasteiger partial charge >= 0.3 is 0 Å². The van der Waals surface area contributed by atoms with E-state index in [9.17, 15) is 9.59 Å². The Morgan fingerprint density at radius 2 is 2.00 bits per heavy atom. The van der Waals surface area contributed by atoms with Crippen LogP contribution in [0.3, 0.4) is 0 Å². The maximum atomic E-state index is 12.3. The molecule has 2 rings (SSSR count). The third-order valence-electron chi connectivity index (χ3n) is 4.75. The van der Waals surface area contributed by atoms with E-state index in [1.807, 2.05) is 0 Å². The maximum Gasteiger partial charge on any atom is 0.267 e. The van der Waals surface area contributed by atoms with Crippen LogP contribution in [0.5, 0.6) is 0 Å². The molecule has 2 aliphatic rings. The number of amides is 2. The summed E-state index contributed by atoms with van der Waals surface area (Å²) in [6.07, 6.45) is 2.91. The first-order valence-electron chi connectivity index (χ1n) is 8.61. The van der Waals surface area contributed by atoms with Gasteiger partial charge in [0.2, 0.25) is 5.91 Å². The predicted molar refractivity (Wildman–Crippen MR) is 88.1 cm³/mol. The third-order valence-corrected chi connectivity index (χ3v) is 4.75. The molecule has 0 unspecified atom stereocenters. The van der Waals surface area contributed by atoms with Crippen LogP contribution in [0.25, 0.3) is 0 Å². The quantitative estimate of drug-likeness (QED) is 0.715. The fraction of sp³-hybridized carbons (Fsp3) is 0.812. The van der Waals surface area contributed by atoms with Gasteiger partial charge in [0.1, 0.15) is 5.71 Å². The highest BCUT2D eigenvalue weighted by atomic mass is 16.5. The van der Waals surface area contributed by atoms with E-state index in [1.165, 1.54) is 0 Å². The van der Waals surface area contributed by atoms with Crippen LogP contribution in [-0.2, 0) is 14.3 Å². The van der Waals surface area contributed by atoms with Gasteiger partial charge in [-0.1, -0.05) is 26.7 Å². The molecule has 0 aromatic rings. The van der Waals surface area contributed by atoms with Crippen LogP contribution in [0.4, 0.5) is 0 Å². The lowest BCUT2D eigenvalue weighted by Crippen LogP contribution is -2.52. The van der Waals surface area contributed by atoms with Crippen LogP contribution in [0.2, 0.25) is 0 Å². The zero-order chi connectivity index (χ0) is 16.7. The second-order valence-corrected chi connectivity index (χ2v) is 6.10. The molecular formula is C16H28N4O3. The molecule has 130 valence electrons. The summed E-state index contributed by atoms with van der Waals surface area (Å²) in [4.78, 5) is 25.8. The summed E-state index contributed by atoms with van der Waals surface area (Å²) in [5.74, 6) is 0.236. The number of hydrogen-bond donors (Lipinski definition) is 2. The van der Waals surface area contributed by atoms with E-state index in [-0.39, 0.29) is 11.8 Å². The van der Waals surface area contributed by atoms with E-state index in [2.05, 4.69) is 34.6 Å². The molecule has 0 spiro atoms. The molecule has 0 aromatic carbocycles. The van der Waals surface area contributed by atoms with Crippen molar-refractivity contribution < 1.29 is 14.3 Å². The lowest BCUT2D eigenvalue weighted by molar-refractivity contribution is -0.121. The largest absolute Gasteiger partial charge is 0.379 e. The Balaban J connectivity index is 1.94. The van der Waals surface area contributed by atoms with E-state index in [0.29, 0.717) is 37.1 Å². The summed E-state index contributed by atoms with van der Waals surface area (Å²) in [6.45, 7) is 8.33. The summed E-state index contributed by atoms with van der Waals surface area (Å²) in [7, 11) is 0. The number of morpholine rings is 1. The summed E-state index contributed by atoms with van der Waals surface area (Å²) >= 11 is 0. The van der Waals surface area contributed by atoms with Gasteiger partial charge in [0, 0.05) is 38.5 Å². The minimum atomic E-state index is -0.172. The van der Waals surface area contributed by atoms with Crippen molar-refractivity contribution in [2.45, 2.75) is 45.6 Å². The maximum absolute atomic E-state index is 12.3. The Morgan fingerprint density at radius 3 is 2.57 bits per heavy atom. The number of ether oxygens (including phenoxy) is 1. The number of carbonyl (C=O) groups excluding carboxylic acids is 2. The van der Waals surface area contributed by atoms with Crippen molar-refractivity contribution >= 4 is 17.5 Å². The Labute approximate surface area is 137 Å². The number of carbonyl (C=O) groups is 2. The van der Waals surface area contributed by atoms with Gasteiger partial charge in [-0.15, -0.1) is 0 Å². The number of rotatable bonds is 7. The highest BCUT2D eigenvalue weighted by Gasteiger charge is 2.28. The molecule has 0 aromatic heterocycles. The van der Waals surface area contributed by atoms with Crippen LogP contribution >= 0.6 is 0 Å². The SMILES string of the molecule is CCC(CC)[C@H](CNC(=O)C1=NNC(=O)CC1)N1CCOCC1. The Bertz CT molecular complexity index is 443. The smallest absolute Gasteiger partial charge is 0.267 e. The monoisotopic (exact) mass is 324 g/mol. The molecule has 1 fully saturated rings. The highest BCUT2D eigenvalue weighted by molar-refractivity contribution is 6.39. The number of nitrogens with zero attached hydrogens (tertiary/aromatic N) is 2. The number of nitrogens with one attached hydrogen (secondary N) is 2. The molecule has 2 aliphatic heterocycles. The van der Waals surface area contributed by atoms with Gasteiger partial charge in [0.25, 0.3) is 5.91 Å². The molecule has 2 amide bonds. The average molecular weight is 324 g/mol. The minimum absolute atomic E-state index is 0.134. The molecule has 2 N–H and O–H groups in total. The van der Waals surface area contributed by atoms with E-state index < -0.39 is 0 Å². The van der Waals surface area contributed by atoms with Gasteiger partial charge in [0.15, 0.2) is 0 Å². The highest BCUT2D eigenvalue weighted by Crippen LogP contribution is 2.19. The normalized spacial score (nSPS) is 20.8. The molecule has 7 heteroatoms. The molecule has 0 bridgehead atoms. The first kappa shape index (κ1) is 17.9. The third kappa shape index (κ3) is 5.00. The predicted octanol–water partition coefficient (Wildman–Crippen LogP) is 0.506. The van der Waals surface area contributed by atoms with Crippen molar-refractivity contribution in [3.05, 3.63) is 0 Å². The van der Waals surface area contributed by atoms with Crippen LogP contribution < -0.4 is 10.7 Å². The summed E-state index contributed by atoms with van der Waals surface area (Å²) < 4.78 is 5.44. The second-order valence-electron chi connectivity index (χ2n) is 6.10. The van der Waals surface area contributed by atoms with Crippen molar-refractivity contribution in [1.29, 1.82) is 0 Å². The lowest BCUT2D eigenvalue weighted by Gasteiger charge is -2.38. The van der Waals surface area contributed by atoms with E-state index in [1.54, 1.807) is 0 Å². The summed E-state index contributed by atoms with van der Waals surface area (Å²) in [5.41, 5.74) is 2.78. The molecule has 0 radical (unpaired) electrons. The van der Waals surface area contributed by atoms with Crippen molar-refractivity contribution in [2.75, 3.05) is 32.8 Å². The van der Waals surface area contributed by atoms with Gasteiger partial charge in [-0.25, -0.2) is 5.43 Å². The van der Waals surface area contributed by atoms with Gasteiger partial charge in [0.05, 0.1) is 13.2 Å². The first-order valence-corrected chi connectivity index (χ1v) is 8.61. The molecule has 1 saturated heterocycles. The van der Waals surface area contributed by atoms with Crippen LogP contribution in [0, 0.1) is 5.92 Å². The Morgan fingerprint density at radius 1 is 1.30 bits per heavy atom. The molecule has 0 saturated carbocycles. The lowest BCUT2D eigenvalue weighted by atomic mass is 9.92. The van der Waals surface area contributed by atoms with Crippen LogP contribution in [0.1, 0.15) is 39.5 Å². The first-order chi connectivity index (χ1) is 11.2. The zero-order valence-electron chi connectivity index (χ0n) is 14.1. The van der Waals surface area contributed by atoms with Gasteiger partial charge in [-0.2, -0.15) is 5.10 Å². The standard InChI is InChI=1S/C16H28N4O3/c1-3-12(4-2)14(20-7-9-23-10-8-20)11-17-16(22)13-5-6-15(21)19-18-13/h12,14H,3-11H2,1-2H3,(H,17,22)(H,19,21)/t14-/m0/s1. The van der Waals surface area contributed by atoms with Crippen LogP contribution in [-0.4, -0.2) is 61.3 Å². The number of hydrogen-bond acceptors (Lipinski definition) is 5. The molecular weight excluding hydrogens is 296 g/mol. The molecule has 2 heterocycles. The minimum Gasteiger partial charge on any atom is -0.379 e. The molecule has 0 aliphatic carbocycles. The van der Waals surface area contributed by atoms with E-state index in [0.717, 1.165) is 39.1 Å². The molecule has 1 atom stereocenters. The Hall–Kier alpha value is -1.47.